The summed E-state index contributed by atoms with van der Waals surface area (Å²) in [6.45, 7) is 0. The zero-order valence-corrected chi connectivity index (χ0v) is 15.0. The quantitative estimate of drug-likeness (QED) is 0.651. The molecular weight excluding hydrogens is 365 g/mol. The summed E-state index contributed by atoms with van der Waals surface area (Å²) in [5.41, 5.74) is 0.608. The van der Waals surface area contributed by atoms with E-state index in [1.807, 2.05) is 72.8 Å². The molecule has 0 spiro atoms. The number of rotatable bonds is 4. The molecular formula is C20H17NO2Se. The molecule has 1 atom stereocenters. The van der Waals surface area contributed by atoms with Crippen molar-refractivity contribution in [3.63, 3.8) is 0 Å². The van der Waals surface area contributed by atoms with Gasteiger partial charge in [0.15, 0.2) is 0 Å². The number of ether oxygens (including phenoxy) is 1. The van der Waals surface area contributed by atoms with Gasteiger partial charge in [-0.1, -0.05) is 0 Å². The van der Waals surface area contributed by atoms with Crippen LogP contribution in [0.2, 0.25) is 0 Å². The molecule has 1 unspecified atom stereocenters. The molecule has 1 amide bonds. The number of para-hydroxylation sites is 1. The summed E-state index contributed by atoms with van der Waals surface area (Å²) in [6, 6.07) is 26.9. The van der Waals surface area contributed by atoms with E-state index in [1.165, 1.54) is 0 Å². The molecule has 0 radical (unpaired) electrons. The number of nitrogens with zero attached hydrogens (tertiary/aromatic N) is 1. The van der Waals surface area contributed by atoms with E-state index in [9.17, 15) is 4.79 Å². The Labute approximate surface area is 145 Å². The van der Waals surface area contributed by atoms with Crippen LogP contribution in [0.4, 0.5) is 0 Å². The van der Waals surface area contributed by atoms with Crippen molar-refractivity contribution in [1.82, 2.24) is 0 Å². The fraction of sp³-hybridized carbons (Fsp3) is 0.0500. The minimum atomic E-state index is -1.92. The molecule has 0 heterocycles. The van der Waals surface area contributed by atoms with Gasteiger partial charge in [-0.25, -0.2) is 0 Å². The van der Waals surface area contributed by atoms with Crippen molar-refractivity contribution >= 4 is 28.5 Å². The standard InChI is InChI=1S/C20H17NO2Se/c1-23-18-14-8-9-15-19(18)24(17-12-6-3-7-13-17)21-20(22)16-10-4-2-5-11-16/h2-15H,1H3. The molecule has 0 bridgehead atoms. The number of carbonyl (C=O) groups is 1. The Bertz CT molecular complexity index is 861. The fourth-order valence-corrected chi connectivity index (χ4v) is 5.83. The summed E-state index contributed by atoms with van der Waals surface area (Å²) in [4.78, 5) is 12.6. The van der Waals surface area contributed by atoms with E-state index in [-0.39, 0.29) is 5.91 Å². The van der Waals surface area contributed by atoms with Crippen molar-refractivity contribution in [2.45, 2.75) is 0 Å². The second kappa shape index (κ2) is 7.82. The molecule has 3 nitrogen and oxygen atoms in total. The third-order valence-electron chi connectivity index (χ3n) is 3.44. The first-order valence-electron chi connectivity index (χ1n) is 7.53. The Morgan fingerprint density at radius 3 is 2.08 bits per heavy atom. The number of hydrogen-bond acceptors (Lipinski definition) is 2. The van der Waals surface area contributed by atoms with Gasteiger partial charge in [-0.05, 0) is 0 Å². The van der Waals surface area contributed by atoms with Crippen molar-refractivity contribution < 1.29 is 9.53 Å². The Balaban J connectivity index is 2.13. The molecule has 0 aromatic heterocycles. The zero-order valence-electron chi connectivity index (χ0n) is 13.3. The monoisotopic (exact) mass is 383 g/mol. The second-order valence-corrected chi connectivity index (χ2v) is 8.50. The van der Waals surface area contributed by atoms with Gasteiger partial charge in [0.2, 0.25) is 0 Å². The molecule has 0 saturated heterocycles. The van der Waals surface area contributed by atoms with Crippen LogP contribution in [0.15, 0.2) is 88.9 Å². The molecule has 0 aliphatic heterocycles. The number of methoxy groups -OCH3 is 1. The van der Waals surface area contributed by atoms with E-state index in [0.717, 1.165) is 14.7 Å². The topological polar surface area (TPSA) is 38.7 Å². The Kier molecular flexibility index (Phi) is 5.32. The van der Waals surface area contributed by atoms with Gasteiger partial charge in [0.1, 0.15) is 0 Å². The first kappa shape index (κ1) is 16.3. The van der Waals surface area contributed by atoms with Crippen molar-refractivity contribution in [2.24, 2.45) is 3.96 Å². The fourth-order valence-electron chi connectivity index (χ4n) is 2.27. The van der Waals surface area contributed by atoms with Gasteiger partial charge in [-0.2, -0.15) is 0 Å². The van der Waals surface area contributed by atoms with E-state index in [0.29, 0.717) is 5.56 Å². The normalized spacial score (nSPS) is 11.9. The summed E-state index contributed by atoms with van der Waals surface area (Å²) in [7, 11) is 1.64. The van der Waals surface area contributed by atoms with Gasteiger partial charge in [-0.15, -0.1) is 0 Å². The van der Waals surface area contributed by atoms with Crippen LogP contribution in [-0.4, -0.2) is 26.7 Å². The SMILES string of the molecule is COc1ccccc1[Se](=NC(=O)c1ccccc1)c1ccccc1. The second-order valence-electron chi connectivity index (χ2n) is 5.01. The van der Waals surface area contributed by atoms with Crippen LogP contribution >= 0.6 is 0 Å². The van der Waals surface area contributed by atoms with Crippen LogP contribution in [0.3, 0.4) is 0 Å². The molecule has 120 valence electrons. The van der Waals surface area contributed by atoms with E-state index in [4.69, 9.17) is 4.74 Å². The van der Waals surface area contributed by atoms with Gasteiger partial charge >= 0.3 is 145 Å². The van der Waals surface area contributed by atoms with Crippen molar-refractivity contribution in [1.29, 1.82) is 0 Å². The van der Waals surface area contributed by atoms with Crippen LogP contribution in [0, 0.1) is 0 Å². The first-order valence-corrected chi connectivity index (χ1v) is 10.0. The van der Waals surface area contributed by atoms with E-state index in [1.54, 1.807) is 19.2 Å². The summed E-state index contributed by atoms with van der Waals surface area (Å²) in [6.07, 6.45) is 0. The van der Waals surface area contributed by atoms with Crippen LogP contribution in [0.5, 0.6) is 5.75 Å². The van der Waals surface area contributed by atoms with Gasteiger partial charge < -0.3 is 0 Å². The van der Waals surface area contributed by atoms with E-state index < -0.39 is 13.7 Å². The Morgan fingerprint density at radius 1 is 0.833 bits per heavy atom. The van der Waals surface area contributed by atoms with Gasteiger partial charge in [0.25, 0.3) is 0 Å². The van der Waals surface area contributed by atoms with Crippen LogP contribution in [0.1, 0.15) is 10.4 Å². The zero-order chi connectivity index (χ0) is 16.8. The summed E-state index contributed by atoms with van der Waals surface area (Å²) >= 11 is -1.92. The summed E-state index contributed by atoms with van der Waals surface area (Å²) in [5.74, 6) is 0.589. The number of carbonyl (C=O) groups excluding carboxylic acids is 1. The predicted molar refractivity (Wildman–Crippen MR) is 97.7 cm³/mol. The number of amides is 1. The van der Waals surface area contributed by atoms with Crippen LogP contribution in [0.25, 0.3) is 0 Å². The molecule has 0 N–H and O–H groups in total. The molecule has 0 aliphatic carbocycles. The molecule has 3 aromatic rings. The molecule has 24 heavy (non-hydrogen) atoms. The Hall–Kier alpha value is -2.55. The molecule has 3 aromatic carbocycles. The minimum absolute atomic E-state index is 0.185. The van der Waals surface area contributed by atoms with Gasteiger partial charge in [0, 0.05) is 0 Å². The third-order valence-corrected chi connectivity index (χ3v) is 7.26. The van der Waals surface area contributed by atoms with Crippen LogP contribution in [-0.2, 0) is 0 Å². The first-order chi connectivity index (χ1) is 11.8. The van der Waals surface area contributed by atoms with Gasteiger partial charge in [0.05, 0.1) is 0 Å². The maximum atomic E-state index is 12.6. The maximum absolute atomic E-state index is 12.6. The number of hydrogen-bond donors (Lipinski definition) is 0. The van der Waals surface area contributed by atoms with Crippen LogP contribution < -0.4 is 13.7 Å². The van der Waals surface area contributed by atoms with E-state index in [2.05, 4.69) is 3.96 Å². The summed E-state index contributed by atoms with van der Waals surface area (Å²) < 4.78 is 12.2. The van der Waals surface area contributed by atoms with Crippen molar-refractivity contribution in [3.8, 4) is 5.75 Å². The van der Waals surface area contributed by atoms with Crippen molar-refractivity contribution in [3.05, 3.63) is 90.5 Å². The molecule has 0 saturated carbocycles. The third kappa shape index (κ3) is 3.67. The average Bonchev–Trinajstić information content (AvgIpc) is 2.67. The number of benzene rings is 3. The molecule has 0 fully saturated rings. The van der Waals surface area contributed by atoms with E-state index >= 15 is 0 Å². The predicted octanol–water partition coefficient (Wildman–Crippen LogP) is 2.91. The summed E-state index contributed by atoms with van der Waals surface area (Å²) in [5, 5.41) is 0. The molecule has 4 heteroatoms. The average molecular weight is 382 g/mol. The Morgan fingerprint density at radius 2 is 1.42 bits per heavy atom. The van der Waals surface area contributed by atoms with Crippen molar-refractivity contribution in [2.75, 3.05) is 7.11 Å². The molecule has 3 rings (SSSR count). The molecule has 0 aliphatic rings. The van der Waals surface area contributed by atoms with Gasteiger partial charge in [-0.3, -0.25) is 0 Å².